The molecule has 27 heavy (non-hydrogen) atoms. The van der Waals surface area contributed by atoms with E-state index in [1.165, 1.54) is 28.1 Å². The number of aromatic nitrogens is 2. The lowest BCUT2D eigenvalue weighted by atomic mass is 9.92. The first-order valence-corrected chi connectivity index (χ1v) is 9.88. The fourth-order valence-electron chi connectivity index (χ4n) is 3.79. The van der Waals surface area contributed by atoms with Crippen LogP contribution in [-0.4, -0.2) is 17.5 Å². The minimum absolute atomic E-state index is 0. The van der Waals surface area contributed by atoms with Crippen molar-refractivity contribution in [3.05, 3.63) is 60.0 Å². The minimum Gasteiger partial charge on any atom is -1.00 e. The summed E-state index contributed by atoms with van der Waals surface area (Å²) in [5.41, 5.74) is 5.37. The minimum atomic E-state index is 0. The fourth-order valence-corrected chi connectivity index (χ4v) is 3.79. The number of imidazole rings is 1. The Morgan fingerprint density at radius 3 is 1.96 bits per heavy atom. The van der Waals surface area contributed by atoms with E-state index in [9.17, 15) is 0 Å². The Balaban J connectivity index is 0.00000261. The van der Waals surface area contributed by atoms with Crippen molar-refractivity contribution < 1.29 is 17.0 Å². The molecule has 0 aliphatic carbocycles. The molecule has 0 bridgehead atoms. The number of nitrogens with zero attached hydrogens (tertiary/aromatic N) is 3. The van der Waals surface area contributed by atoms with Crippen LogP contribution in [0, 0.1) is 0 Å². The largest absolute Gasteiger partial charge is 1.00 e. The second-order valence-corrected chi connectivity index (χ2v) is 7.60. The Morgan fingerprint density at radius 2 is 1.44 bits per heavy atom. The van der Waals surface area contributed by atoms with Gasteiger partial charge in [-0.05, 0) is 31.7 Å². The Bertz CT molecular complexity index is 866. The van der Waals surface area contributed by atoms with Crippen LogP contribution < -0.4 is 21.9 Å². The molecular weight excluding hydrogens is 354 g/mol. The summed E-state index contributed by atoms with van der Waals surface area (Å²) in [6.07, 6.45) is 4.51. The zero-order valence-corrected chi connectivity index (χ0v) is 18.2. The Labute approximate surface area is 170 Å². The Morgan fingerprint density at radius 1 is 0.889 bits per heavy atom. The summed E-state index contributed by atoms with van der Waals surface area (Å²) in [4.78, 5) is 2.40. The average Bonchev–Trinajstić information content (AvgIpc) is 3.06. The van der Waals surface area contributed by atoms with Gasteiger partial charge in [-0.15, -0.1) is 0 Å². The monoisotopic (exact) mass is 385 g/mol. The van der Waals surface area contributed by atoms with E-state index in [0.29, 0.717) is 11.8 Å². The molecule has 2 aromatic heterocycles. The maximum Gasteiger partial charge on any atom is 0.255 e. The lowest BCUT2D eigenvalue weighted by Gasteiger charge is -2.18. The molecule has 0 radical (unpaired) electrons. The van der Waals surface area contributed by atoms with Crippen LogP contribution in [0.5, 0.6) is 0 Å². The first-order chi connectivity index (χ1) is 12.5. The van der Waals surface area contributed by atoms with Crippen molar-refractivity contribution in [2.24, 2.45) is 0 Å². The molecule has 0 amide bonds. The van der Waals surface area contributed by atoms with Crippen LogP contribution in [0.15, 0.2) is 48.9 Å². The van der Waals surface area contributed by atoms with Crippen molar-refractivity contribution >= 4 is 11.3 Å². The van der Waals surface area contributed by atoms with E-state index in [2.05, 4.69) is 104 Å². The summed E-state index contributed by atoms with van der Waals surface area (Å²) < 4.78 is 4.64. The molecule has 0 saturated carbocycles. The van der Waals surface area contributed by atoms with Crippen molar-refractivity contribution in [1.82, 2.24) is 4.40 Å². The van der Waals surface area contributed by atoms with Crippen molar-refractivity contribution in [3.63, 3.8) is 0 Å². The van der Waals surface area contributed by atoms with Gasteiger partial charge in [0.05, 0.1) is 0 Å². The lowest BCUT2D eigenvalue weighted by molar-refractivity contribution is -0.595. The summed E-state index contributed by atoms with van der Waals surface area (Å²) in [6, 6.07) is 13.3. The fraction of sp³-hybridized carbons (Fsp3) is 0.435. The maximum atomic E-state index is 2.40. The first-order valence-electron chi connectivity index (χ1n) is 9.88. The molecule has 4 heteroatoms. The van der Waals surface area contributed by atoms with Crippen LogP contribution in [0.3, 0.4) is 0 Å². The third-order valence-electron chi connectivity index (χ3n) is 5.24. The van der Waals surface area contributed by atoms with Crippen LogP contribution in [0.4, 0.5) is 5.82 Å². The standard InChI is InChI=1S/C23H32N3.ClH/c1-7-24(8-2)22-14-9-11-19-15-25(16-26(19)22)23-20(17(3)4)12-10-13-21(23)18(5)6;/h9-18H,7-8H2,1-6H3;1H/q+1;/p-1. The molecule has 0 saturated heterocycles. The molecule has 3 nitrogen and oxygen atoms in total. The van der Waals surface area contributed by atoms with Gasteiger partial charge < -0.3 is 17.3 Å². The van der Waals surface area contributed by atoms with Crippen molar-refractivity contribution in [2.75, 3.05) is 18.0 Å². The Kier molecular flexibility index (Phi) is 6.94. The number of benzene rings is 1. The zero-order valence-electron chi connectivity index (χ0n) is 17.4. The van der Waals surface area contributed by atoms with E-state index in [-0.39, 0.29) is 12.4 Å². The molecular formula is C23H32ClN3. The smallest absolute Gasteiger partial charge is 0.255 e. The summed E-state index contributed by atoms with van der Waals surface area (Å²) >= 11 is 0. The number of fused-ring (bicyclic) bond motifs is 1. The molecule has 0 atom stereocenters. The average molecular weight is 386 g/mol. The SMILES string of the molecule is CCN(CC)c1cccc2c[n+](-c3c(C(C)C)cccc3C(C)C)cn12.[Cl-]. The van der Waals surface area contributed by atoms with Gasteiger partial charge in [-0.25, -0.2) is 4.57 Å². The van der Waals surface area contributed by atoms with Gasteiger partial charge in [-0.2, -0.15) is 4.40 Å². The van der Waals surface area contributed by atoms with E-state index in [0.717, 1.165) is 13.1 Å². The van der Waals surface area contributed by atoms with Gasteiger partial charge in [0.2, 0.25) is 5.82 Å². The van der Waals surface area contributed by atoms with Gasteiger partial charge in [0, 0.05) is 30.3 Å². The van der Waals surface area contributed by atoms with Gasteiger partial charge in [0.1, 0.15) is 11.9 Å². The summed E-state index contributed by atoms with van der Waals surface area (Å²) in [5, 5.41) is 0. The lowest BCUT2D eigenvalue weighted by Crippen LogP contribution is -3.00. The molecule has 0 unspecified atom stereocenters. The maximum absolute atomic E-state index is 2.40. The van der Waals surface area contributed by atoms with Crippen LogP contribution in [0.25, 0.3) is 11.2 Å². The van der Waals surface area contributed by atoms with Gasteiger partial charge in [-0.1, -0.05) is 52.0 Å². The zero-order chi connectivity index (χ0) is 18.8. The van der Waals surface area contributed by atoms with Crippen LogP contribution in [0.2, 0.25) is 0 Å². The van der Waals surface area contributed by atoms with Gasteiger partial charge in [0.15, 0.2) is 5.52 Å². The molecule has 3 rings (SSSR count). The van der Waals surface area contributed by atoms with E-state index < -0.39 is 0 Å². The van der Waals surface area contributed by atoms with Gasteiger partial charge >= 0.3 is 0 Å². The second kappa shape index (κ2) is 8.79. The van der Waals surface area contributed by atoms with Crippen molar-refractivity contribution in [3.8, 4) is 5.69 Å². The third-order valence-corrected chi connectivity index (χ3v) is 5.24. The Hall–Kier alpha value is -2.00. The first kappa shape index (κ1) is 21.3. The second-order valence-electron chi connectivity index (χ2n) is 7.60. The highest BCUT2D eigenvalue weighted by molar-refractivity contribution is 5.54. The molecule has 0 N–H and O–H groups in total. The predicted molar refractivity (Wildman–Crippen MR) is 111 cm³/mol. The van der Waals surface area contributed by atoms with Crippen LogP contribution in [-0.2, 0) is 0 Å². The van der Waals surface area contributed by atoms with E-state index >= 15 is 0 Å². The highest BCUT2D eigenvalue weighted by atomic mass is 35.5. The molecule has 0 aliphatic rings. The van der Waals surface area contributed by atoms with E-state index in [1.54, 1.807) is 0 Å². The van der Waals surface area contributed by atoms with Crippen molar-refractivity contribution in [2.45, 2.75) is 53.4 Å². The highest BCUT2D eigenvalue weighted by Gasteiger charge is 2.22. The number of pyridine rings is 1. The molecule has 0 fully saturated rings. The van der Waals surface area contributed by atoms with E-state index in [1.807, 2.05) is 0 Å². The molecule has 0 aliphatic heterocycles. The topological polar surface area (TPSA) is 11.5 Å². The summed E-state index contributed by atoms with van der Waals surface area (Å²) in [7, 11) is 0. The number of anilines is 1. The van der Waals surface area contributed by atoms with E-state index in [4.69, 9.17) is 0 Å². The number of para-hydroxylation sites is 1. The van der Waals surface area contributed by atoms with Crippen LogP contribution >= 0.6 is 0 Å². The predicted octanol–water partition coefficient (Wildman–Crippen LogP) is 2.31. The third kappa shape index (κ3) is 3.98. The summed E-state index contributed by atoms with van der Waals surface area (Å²) in [5.74, 6) is 2.22. The summed E-state index contributed by atoms with van der Waals surface area (Å²) in [6.45, 7) is 15.6. The molecule has 146 valence electrons. The number of halogens is 1. The molecule has 3 aromatic rings. The number of rotatable bonds is 6. The normalized spacial score (nSPS) is 11.3. The molecule has 2 heterocycles. The number of hydrogen-bond acceptors (Lipinski definition) is 1. The molecule has 1 aromatic carbocycles. The molecule has 0 spiro atoms. The highest BCUT2D eigenvalue weighted by Crippen LogP contribution is 2.28. The van der Waals surface area contributed by atoms with Crippen LogP contribution in [0.1, 0.15) is 64.5 Å². The van der Waals surface area contributed by atoms with Crippen molar-refractivity contribution in [1.29, 1.82) is 0 Å². The number of hydrogen-bond donors (Lipinski definition) is 0. The van der Waals surface area contributed by atoms with Gasteiger partial charge in [0.25, 0.3) is 6.33 Å². The van der Waals surface area contributed by atoms with Gasteiger partial charge in [-0.3, -0.25) is 0 Å². The quantitative estimate of drug-likeness (QED) is 0.593.